The minimum absolute atomic E-state index is 0.249. The second kappa shape index (κ2) is 8.11. The number of halogens is 1. The Kier molecular flexibility index (Phi) is 5.07. The number of nitrogens with one attached hydrogen (secondary N) is 1. The molecule has 0 radical (unpaired) electrons. The van der Waals surface area contributed by atoms with Crippen molar-refractivity contribution >= 4 is 22.8 Å². The number of nitrogens with zero attached hydrogens (tertiary/aromatic N) is 2. The quantitative estimate of drug-likeness (QED) is 0.472. The van der Waals surface area contributed by atoms with Crippen LogP contribution in [-0.4, -0.2) is 57.7 Å². The molecule has 2 aliphatic heterocycles. The lowest BCUT2D eigenvalue weighted by atomic mass is 10.0. The van der Waals surface area contributed by atoms with E-state index in [2.05, 4.69) is 58.3 Å². The van der Waals surface area contributed by atoms with Gasteiger partial charge in [-0.3, -0.25) is 0 Å². The molecule has 4 atom stereocenters. The molecule has 33 heavy (non-hydrogen) atoms. The van der Waals surface area contributed by atoms with Gasteiger partial charge < -0.3 is 24.3 Å². The van der Waals surface area contributed by atoms with Crippen LogP contribution < -0.4 is 4.74 Å². The van der Waals surface area contributed by atoms with Crippen LogP contribution in [0, 0.1) is 6.92 Å². The van der Waals surface area contributed by atoms with Gasteiger partial charge in [-0.2, -0.15) is 4.98 Å². The molecule has 0 bridgehead atoms. The number of rotatable bonds is 4. The van der Waals surface area contributed by atoms with Crippen LogP contribution in [0.3, 0.4) is 0 Å². The summed E-state index contributed by atoms with van der Waals surface area (Å²) in [6.07, 6.45) is -1.65. The molecule has 2 aliphatic rings. The van der Waals surface area contributed by atoms with Crippen LogP contribution in [0.1, 0.15) is 5.56 Å². The van der Waals surface area contributed by atoms with Crippen molar-refractivity contribution in [2.24, 2.45) is 0 Å². The van der Waals surface area contributed by atoms with E-state index in [-0.39, 0.29) is 24.9 Å². The van der Waals surface area contributed by atoms with Gasteiger partial charge in [0.1, 0.15) is 18.3 Å². The van der Waals surface area contributed by atoms with Gasteiger partial charge in [0.25, 0.3) is 6.01 Å². The van der Waals surface area contributed by atoms with E-state index in [0.717, 1.165) is 16.7 Å². The van der Waals surface area contributed by atoms with Gasteiger partial charge in [0, 0.05) is 5.56 Å². The minimum atomic E-state index is -0.625. The van der Waals surface area contributed by atoms with Gasteiger partial charge in [-0.1, -0.05) is 65.7 Å². The van der Waals surface area contributed by atoms with Crippen molar-refractivity contribution in [3.63, 3.8) is 0 Å². The first-order valence-electron chi connectivity index (χ1n) is 10.9. The van der Waals surface area contributed by atoms with Crippen molar-refractivity contribution in [3.8, 4) is 28.4 Å². The highest BCUT2D eigenvalue weighted by atomic mass is 35.5. The first-order chi connectivity index (χ1) is 16.0. The average molecular weight is 464 g/mol. The number of ether oxygens (including phenoxy) is 3. The molecular weight excluding hydrogens is 442 g/mol. The van der Waals surface area contributed by atoms with E-state index < -0.39 is 6.10 Å². The Morgan fingerprint density at radius 3 is 2.36 bits per heavy atom. The summed E-state index contributed by atoms with van der Waals surface area (Å²) in [5, 5.41) is 10.4. The monoisotopic (exact) mass is 463 g/mol. The van der Waals surface area contributed by atoms with Gasteiger partial charge in [0.05, 0.1) is 29.4 Å². The van der Waals surface area contributed by atoms with Crippen LogP contribution in [0.5, 0.6) is 6.01 Å². The zero-order valence-corrected chi connectivity index (χ0v) is 18.6. The number of aromatic nitrogens is 3. The molecule has 0 unspecified atom stereocenters. The molecule has 0 aliphatic carbocycles. The smallest absolute Gasteiger partial charge is 0.296 e. The third kappa shape index (κ3) is 3.77. The summed E-state index contributed by atoms with van der Waals surface area (Å²) in [5.41, 5.74) is 6.27. The Hall–Kier alpha value is -2.97. The van der Waals surface area contributed by atoms with E-state index in [4.69, 9.17) is 25.8 Å². The third-order valence-corrected chi connectivity index (χ3v) is 6.48. The van der Waals surface area contributed by atoms with Crippen molar-refractivity contribution in [2.75, 3.05) is 13.2 Å². The average Bonchev–Trinajstić information content (AvgIpc) is 3.51. The predicted octanol–water partition coefficient (Wildman–Crippen LogP) is 4.16. The lowest BCUT2D eigenvalue weighted by molar-refractivity contribution is 0.00706. The SMILES string of the molecule is Cc1ccc(-c2ccc(-c3nc4nc(O[C@@H]5CO[C@H]6[C@@H]5OC[C@H]6O)[nH]c4cc3Cl)cc2)cc1. The highest BCUT2D eigenvalue weighted by Crippen LogP contribution is 2.33. The van der Waals surface area contributed by atoms with Crippen LogP contribution in [0.25, 0.3) is 33.5 Å². The fraction of sp³-hybridized carbons (Fsp3) is 0.280. The molecule has 4 heterocycles. The number of aliphatic hydroxyl groups is 1. The predicted molar refractivity (Wildman–Crippen MR) is 124 cm³/mol. The summed E-state index contributed by atoms with van der Waals surface area (Å²) < 4.78 is 17.2. The third-order valence-electron chi connectivity index (χ3n) is 6.19. The van der Waals surface area contributed by atoms with Crippen LogP contribution >= 0.6 is 11.6 Å². The molecule has 2 fully saturated rings. The fourth-order valence-corrected chi connectivity index (χ4v) is 4.67. The molecule has 2 aromatic carbocycles. The Balaban J connectivity index is 1.25. The van der Waals surface area contributed by atoms with Crippen LogP contribution in [0.15, 0.2) is 54.6 Å². The largest absolute Gasteiger partial charge is 0.456 e. The number of aryl methyl sites for hydroxylation is 1. The molecule has 168 valence electrons. The minimum Gasteiger partial charge on any atom is -0.456 e. The summed E-state index contributed by atoms with van der Waals surface area (Å²) in [6.45, 7) is 2.65. The molecule has 4 aromatic rings. The van der Waals surface area contributed by atoms with Crippen molar-refractivity contribution in [1.82, 2.24) is 15.0 Å². The molecule has 6 rings (SSSR count). The second-order valence-corrected chi connectivity index (χ2v) is 8.90. The lowest BCUT2D eigenvalue weighted by Crippen LogP contribution is -2.34. The van der Waals surface area contributed by atoms with Gasteiger partial charge in [-0.05, 0) is 24.1 Å². The van der Waals surface area contributed by atoms with Gasteiger partial charge in [0.2, 0.25) is 0 Å². The van der Waals surface area contributed by atoms with Crippen LogP contribution in [-0.2, 0) is 9.47 Å². The molecule has 0 spiro atoms. The summed E-state index contributed by atoms with van der Waals surface area (Å²) >= 11 is 6.56. The number of fused-ring (bicyclic) bond motifs is 2. The van der Waals surface area contributed by atoms with E-state index in [1.807, 2.05) is 12.1 Å². The summed E-state index contributed by atoms with van der Waals surface area (Å²) in [4.78, 5) is 12.3. The van der Waals surface area contributed by atoms with E-state index in [1.165, 1.54) is 5.56 Å². The first-order valence-corrected chi connectivity index (χ1v) is 11.2. The normalized spacial score (nSPS) is 24.3. The number of pyridine rings is 1. The summed E-state index contributed by atoms with van der Waals surface area (Å²) in [5.74, 6) is 0. The highest BCUT2D eigenvalue weighted by molar-refractivity contribution is 6.33. The lowest BCUT2D eigenvalue weighted by Gasteiger charge is -2.15. The zero-order chi connectivity index (χ0) is 22.5. The highest BCUT2D eigenvalue weighted by Gasteiger charge is 2.48. The van der Waals surface area contributed by atoms with E-state index in [0.29, 0.717) is 34.5 Å². The van der Waals surface area contributed by atoms with Crippen LogP contribution in [0.2, 0.25) is 5.02 Å². The molecule has 2 aromatic heterocycles. The summed E-state index contributed by atoms with van der Waals surface area (Å²) in [6, 6.07) is 18.7. The molecule has 2 saturated heterocycles. The van der Waals surface area contributed by atoms with Gasteiger partial charge in [-0.15, -0.1) is 0 Å². The molecule has 0 saturated carbocycles. The molecule has 7 nitrogen and oxygen atoms in total. The van der Waals surface area contributed by atoms with Crippen molar-refractivity contribution in [1.29, 1.82) is 0 Å². The number of hydrogen-bond donors (Lipinski definition) is 2. The Bertz CT molecular complexity index is 1310. The number of H-pyrrole nitrogens is 1. The van der Waals surface area contributed by atoms with Gasteiger partial charge in [0.15, 0.2) is 11.8 Å². The molecule has 0 amide bonds. The zero-order valence-electron chi connectivity index (χ0n) is 17.9. The molecular formula is C25H22ClN3O4. The maximum Gasteiger partial charge on any atom is 0.296 e. The molecule has 8 heteroatoms. The number of aromatic amines is 1. The Morgan fingerprint density at radius 2 is 1.61 bits per heavy atom. The second-order valence-electron chi connectivity index (χ2n) is 8.49. The standard InChI is InChI=1S/C25H22ClN3O4/c1-13-2-4-14(5-3-13)15-6-8-16(9-7-15)21-17(26)10-18-24(28-21)29-25(27-18)33-20-12-32-22-19(30)11-31-23(20)22/h2-10,19-20,22-23,30H,11-12H2,1H3,(H,27,28,29)/t19-,20-,22-,23-/m1/s1. The number of benzene rings is 2. The van der Waals surface area contributed by atoms with E-state index in [1.54, 1.807) is 6.07 Å². The Morgan fingerprint density at radius 1 is 0.939 bits per heavy atom. The maximum atomic E-state index is 9.91. The first kappa shape index (κ1) is 20.6. The van der Waals surface area contributed by atoms with Gasteiger partial charge in [-0.25, -0.2) is 4.98 Å². The topological polar surface area (TPSA) is 89.5 Å². The number of aliphatic hydroxyl groups excluding tert-OH is 1. The van der Waals surface area contributed by atoms with Crippen LogP contribution in [0.4, 0.5) is 0 Å². The fourth-order valence-electron chi connectivity index (χ4n) is 4.41. The van der Waals surface area contributed by atoms with E-state index in [9.17, 15) is 5.11 Å². The molecule has 2 N–H and O–H groups in total. The number of hydrogen-bond acceptors (Lipinski definition) is 6. The van der Waals surface area contributed by atoms with Crippen molar-refractivity contribution in [2.45, 2.75) is 31.3 Å². The number of imidazole rings is 1. The van der Waals surface area contributed by atoms with Crippen molar-refractivity contribution in [3.05, 3.63) is 65.2 Å². The Labute approximate surface area is 195 Å². The van der Waals surface area contributed by atoms with Gasteiger partial charge >= 0.3 is 0 Å². The van der Waals surface area contributed by atoms with Crippen molar-refractivity contribution < 1.29 is 19.3 Å². The maximum absolute atomic E-state index is 9.91. The summed E-state index contributed by atoms with van der Waals surface area (Å²) in [7, 11) is 0. The van der Waals surface area contributed by atoms with E-state index >= 15 is 0 Å².